The van der Waals surface area contributed by atoms with Crippen molar-refractivity contribution in [3.8, 4) is 6.07 Å². The zero-order valence-corrected chi connectivity index (χ0v) is 14.4. The maximum atomic E-state index is 14.3. The first-order chi connectivity index (χ1) is 12.1. The Morgan fingerprint density at radius 2 is 1.88 bits per heavy atom. The number of aryl methyl sites for hydroxylation is 1. The maximum absolute atomic E-state index is 14.3. The van der Waals surface area contributed by atoms with Crippen molar-refractivity contribution in [1.29, 1.82) is 5.26 Å². The number of nitriles is 1. The summed E-state index contributed by atoms with van der Waals surface area (Å²) in [5.74, 6) is -1.48. The molecule has 0 amide bonds. The molecule has 0 spiro atoms. The smallest absolute Gasteiger partial charge is 0.147 e. The predicted molar refractivity (Wildman–Crippen MR) is 96.1 cm³/mol. The Morgan fingerprint density at radius 1 is 1.12 bits per heavy atom. The van der Waals surface area contributed by atoms with Crippen LogP contribution in [0.5, 0.6) is 0 Å². The van der Waals surface area contributed by atoms with Gasteiger partial charge in [0.25, 0.3) is 0 Å². The zero-order chi connectivity index (χ0) is 17.8. The number of hydrogen-bond donors (Lipinski definition) is 0. The van der Waals surface area contributed by atoms with E-state index in [1.54, 1.807) is 6.07 Å². The topological polar surface area (TPSA) is 23.8 Å². The molecule has 1 nitrogen and oxygen atoms in total. The number of hydrogen-bond acceptors (Lipinski definition) is 1. The summed E-state index contributed by atoms with van der Waals surface area (Å²) in [6, 6.07) is 11.4. The van der Waals surface area contributed by atoms with Gasteiger partial charge in [-0.3, -0.25) is 0 Å². The third-order valence-corrected chi connectivity index (χ3v) is 4.85. The molecule has 128 valence electrons. The van der Waals surface area contributed by atoms with Crippen LogP contribution in [-0.4, -0.2) is 0 Å². The lowest BCUT2D eigenvalue weighted by atomic mass is 9.86. The molecule has 3 heteroatoms. The fourth-order valence-corrected chi connectivity index (χ4v) is 3.38. The molecule has 0 N–H and O–H groups in total. The van der Waals surface area contributed by atoms with E-state index in [2.05, 4.69) is 31.2 Å². The standard InChI is InChI=1S/C22H21F2N/c1-2-3-4-5-15-6-8-16(9-7-15)17-10-11-19-18(12-17)13-21(23)20(14-25)22(19)24/h6-10,13H,2-5,11-12H2,1H3. The highest BCUT2D eigenvalue weighted by molar-refractivity contribution is 5.71. The molecule has 0 radical (unpaired) electrons. The predicted octanol–water partition coefficient (Wildman–Crippen LogP) is 5.75. The maximum Gasteiger partial charge on any atom is 0.147 e. The van der Waals surface area contributed by atoms with Gasteiger partial charge in [0.15, 0.2) is 0 Å². The number of benzene rings is 2. The zero-order valence-electron chi connectivity index (χ0n) is 14.4. The second kappa shape index (κ2) is 7.61. The van der Waals surface area contributed by atoms with E-state index in [4.69, 9.17) is 5.26 Å². The molecule has 0 atom stereocenters. The second-order valence-corrected chi connectivity index (χ2v) is 6.56. The molecule has 2 aromatic rings. The van der Waals surface area contributed by atoms with Crippen LogP contribution < -0.4 is 0 Å². The highest BCUT2D eigenvalue weighted by Crippen LogP contribution is 2.31. The van der Waals surface area contributed by atoms with Crippen molar-refractivity contribution >= 4 is 5.57 Å². The molecule has 0 aliphatic heterocycles. The lowest BCUT2D eigenvalue weighted by Crippen LogP contribution is -2.08. The van der Waals surface area contributed by atoms with Crippen molar-refractivity contribution in [3.05, 3.63) is 75.9 Å². The minimum absolute atomic E-state index is 0.393. The SMILES string of the molecule is CCCCCc1ccc(C2=CCc3c(cc(F)c(C#N)c3F)C2)cc1. The fourth-order valence-electron chi connectivity index (χ4n) is 3.38. The number of nitrogens with zero attached hydrogens (tertiary/aromatic N) is 1. The van der Waals surface area contributed by atoms with Gasteiger partial charge in [0.1, 0.15) is 23.3 Å². The van der Waals surface area contributed by atoms with Gasteiger partial charge in [-0.15, -0.1) is 0 Å². The van der Waals surface area contributed by atoms with Crippen LogP contribution in [-0.2, 0) is 19.3 Å². The van der Waals surface area contributed by atoms with E-state index < -0.39 is 17.2 Å². The number of unbranched alkanes of at least 4 members (excludes halogenated alkanes) is 2. The van der Waals surface area contributed by atoms with Crippen LogP contribution in [0.1, 0.15) is 54.0 Å². The van der Waals surface area contributed by atoms with Crippen molar-refractivity contribution in [3.63, 3.8) is 0 Å². The lowest BCUT2D eigenvalue weighted by Gasteiger charge is -2.19. The van der Waals surface area contributed by atoms with E-state index in [1.165, 1.54) is 30.9 Å². The van der Waals surface area contributed by atoms with Gasteiger partial charge in [0.05, 0.1) is 0 Å². The molecular weight excluding hydrogens is 316 g/mol. The fraction of sp³-hybridized carbons (Fsp3) is 0.318. The Morgan fingerprint density at radius 3 is 2.56 bits per heavy atom. The molecule has 1 aliphatic carbocycles. The number of rotatable bonds is 5. The molecule has 0 fully saturated rings. The highest BCUT2D eigenvalue weighted by Gasteiger charge is 2.21. The summed E-state index contributed by atoms with van der Waals surface area (Å²) in [6.07, 6.45) is 7.61. The molecule has 0 unspecified atom stereocenters. The quantitative estimate of drug-likeness (QED) is 0.637. The van der Waals surface area contributed by atoms with E-state index >= 15 is 0 Å². The van der Waals surface area contributed by atoms with Gasteiger partial charge in [-0.05, 0) is 59.6 Å². The van der Waals surface area contributed by atoms with E-state index in [-0.39, 0.29) is 0 Å². The molecule has 3 rings (SSSR count). The van der Waals surface area contributed by atoms with Crippen molar-refractivity contribution in [2.45, 2.75) is 45.4 Å². The molecule has 0 bridgehead atoms. The summed E-state index contributed by atoms with van der Waals surface area (Å²) in [7, 11) is 0. The normalized spacial score (nSPS) is 13.1. The van der Waals surface area contributed by atoms with Gasteiger partial charge in [0.2, 0.25) is 0 Å². The first-order valence-corrected chi connectivity index (χ1v) is 8.82. The van der Waals surface area contributed by atoms with Crippen molar-refractivity contribution in [1.82, 2.24) is 0 Å². The first-order valence-electron chi connectivity index (χ1n) is 8.82. The third kappa shape index (κ3) is 3.64. The molecule has 0 saturated heterocycles. The van der Waals surface area contributed by atoms with Crippen molar-refractivity contribution in [2.24, 2.45) is 0 Å². The summed E-state index contributed by atoms with van der Waals surface area (Å²) >= 11 is 0. The Bertz CT molecular complexity index is 842. The molecule has 2 aromatic carbocycles. The third-order valence-electron chi connectivity index (χ3n) is 4.85. The van der Waals surface area contributed by atoms with E-state index in [0.717, 1.165) is 17.6 Å². The molecule has 0 aromatic heterocycles. The van der Waals surface area contributed by atoms with Gasteiger partial charge >= 0.3 is 0 Å². The average molecular weight is 337 g/mol. The van der Waals surface area contributed by atoms with Crippen LogP contribution in [0.25, 0.3) is 5.57 Å². The summed E-state index contributed by atoms with van der Waals surface area (Å²) in [4.78, 5) is 0. The molecular formula is C22H21F2N. The van der Waals surface area contributed by atoms with Crippen LogP contribution in [0, 0.1) is 23.0 Å². The Kier molecular flexibility index (Phi) is 5.28. The number of fused-ring (bicyclic) bond motifs is 1. The average Bonchev–Trinajstić information content (AvgIpc) is 2.62. The molecule has 0 saturated carbocycles. The van der Waals surface area contributed by atoms with Gasteiger partial charge in [0, 0.05) is 0 Å². The molecule has 1 aliphatic rings. The van der Waals surface area contributed by atoms with E-state index in [0.29, 0.717) is 24.0 Å². The van der Waals surface area contributed by atoms with Gasteiger partial charge in [-0.1, -0.05) is 50.1 Å². The van der Waals surface area contributed by atoms with Crippen LogP contribution in [0.4, 0.5) is 8.78 Å². The monoisotopic (exact) mass is 337 g/mol. The lowest BCUT2D eigenvalue weighted by molar-refractivity contribution is 0.564. The highest BCUT2D eigenvalue weighted by atomic mass is 19.1. The minimum Gasteiger partial charge on any atom is -0.205 e. The van der Waals surface area contributed by atoms with Crippen LogP contribution in [0.2, 0.25) is 0 Å². The van der Waals surface area contributed by atoms with Crippen LogP contribution in [0.15, 0.2) is 36.4 Å². The van der Waals surface area contributed by atoms with Crippen LogP contribution in [0.3, 0.4) is 0 Å². The minimum atomic E-state index is -0.772. The Hall–Kier alpha value is -2.47. The summed E-state index contributed by atoms with van der Waals surface area (Å²) < 4.78 is 28.1. The molecule has 0 heterocycles. The Labute approximate surface area is 147 Å². The number of halogens is 2. The van der Waals surface area contributed by atoms with Gasteiger partial charge in [-0.2, -0.15) is 5.26 Å². The van der Waals surface area contributed by atoms with E-state index in [9.17, 15) is 8.78 Å². The van der Waals surface area contributed by atoms with Crippen molar-refractivity contribution < 1.29 is 8.78 Å². The van der Waals surface area contributed by atoms with Crippen LogP contribution >= 0.6 is 0 Å². The molecule has 25 heavy (non-hydrogen) atoms. The van der Waals surface area contributed by atoms with Gasteiger partial charge < -0.3 is 0 Å². The number of allylic oxidation sites excluding steroid dienone is 2. The summed E-state index contributed by atoms with van der Waals surface area (Å²) in [5.41, 5.74) is 4.10. The first kappa shape index (κ1) is 17.4. The largest absolute Gasteiger partial charge is 0.205 e. The van der Waals surface area contributed by atoms with Gasteiger partial charge in [-0.25, -0.2) is 8.78 Å². The Balaban J connectivity index is 1.79. The van der Waals surface area contributed by atoms with Crippen molar-refractivity contribution in [2.75, 3.05) is 0 Å². The summed E-state index contributed by atoms with van der Waals surface area (Å²) in [5, 5.41) is 8.89. The second-order valence-electron chi connectivity index (χ2n) is 6.56. The van der Waals surface area contributed by atoms with E-state index in [1.807, 2.05) is 6.08 Å². The summed E-state index contributed by atoms with van der Waals surface area (Å²) in [6.45, 7) is 2.20.